The zero-order valence-electron chi connectivity index (χ0n) is 17.8. The Balaban J connectivity index is 1.41. The van der Waals surface area contributed by atoms with Crippen LogP contribution in [0.15, 0.2) is 48.5 Å². The molecule has 1 saturated carbocycles. The highest BCUT2D eigenvalue weighted by molar-refractivity contribution is 5.43. The average molecular weight is 373 g/mol. The molecule has 0 saturated heterocycles. The molecule has 0 spiro atoms. The molecule has 0 aromatic heterocycles. The molecule has 3 rings (SSSR count). The third-order valence-electron chi connectivity index (χ3n) is 6.38. The first-order chi connectivity index (χ1) is 13.7. The Kier molecular flexibility index (Phi) is 8.23. The monoisotopic (exact) mass is 372 g/mol. The van der Waals surface area contributed by atoms with Crippen LogP contribution in [-0.2, 0) is 6.42 Å². The van der Waals surface area contributed by atoms with Crippen LogP contribution in [0.25, 0.3) is 0 Å². The second-order valence-corrected chi connectivity index (χ2v) is 8.73. The van der Waals surface area contributed by atoms with Gasteiger partial charge in [-0.15, -0.1) is 0 Å². The van der Waals surface area contributed by atoms with Gasteiger partial charge in [0.15, 0.2) is 0 Å². The molecule has 2 aromatic carbocycles. The van der Waals surface area contributed by atoms with Gasteiger partial charge >= 0.3 is 0 Å². The second-order valence-electron chi connectivity index (χ2n) is 8.73. The minimum atomic E-state index is 0.948. The summed E-state index contributed by atoms with van der Waals surface area (Å²) in [6.45, 7) is 4.41. The van der Waals surface area contributed by atoms with E-state index < -0.39 is 0 Å². The molecular formula is C28H36. The highest BCUT2D eigenvalue weighted by Gasteiger charge is 2.20. The minimum Gasteiger partial charge on any atom is -0.0654 e. The van der Waals surface area contributed by atoms with Gasteiger partial charge in [0, 0.05) is 11.1 Å². The first-order valence-electron chi connectivity index (χ1n) is 11.4. The van der Waals surface area contributed by atoms with Crippen molar-refractivity contribution in [2.75, 3.05) is 0 Å². The summed E-state index contributed by atoms with van der Waals surface area (Å²) in [7, 11) is 0. The predicted molar refractivity (Wildman–Crippen MR) is 122 cm³/mol. The fourth-order valence-corrected chi connectivity index (χ4v) is 4.40. The van der Waals surface area contributed by atoms with Gasteiger partial charge in [-0.25, -0.2) is 0 Å². The van der Waals surface area contributed by atoms with Crippen molar-refractivity contribution in [2.45, 2.75) is 78.1 Å². The molecule has 148 valence electrons. The normalized spacial score (nSPS) is 19.1. The summed E-state index contributed by atoms with van der Waals surface area (Å²) in [6, 6.07) is 17.3. The van der Waals surface area contributed by atoms with E-state index in [1.165, 1.54) is 75.3 Å². The molecule has 0 atom stereocenters. The van der Waals surface area contributed by atoms with Crippen LogP contribution in [-0.4, -0.2) is 0 Å². The van der Waals surface area contributed by atoms with Crippen molar-refractivity contribution in [1.29, 1.82) is 0 Å². The van der Waals surface area contributed by atoms with Crippen LogP contribution >= 0.6 is 0 Å². The molecule has 1 aliphatic rings. The molecule has 0 unspecified atom stereocenters. The molecule has 28 heavy (non-hydrogen) atoms. The van der Waals surface area contributed by atoms with Crippen molar-refractivity contribution in [3.8, 4) is 11.8 Å². The van der Waals surface area contributed by atoms with Crippen molar-refractivity contribution in [2.24, 2.45) is 11.8 Å². The Morgan fingerprint density at radius 2 is 1.25 bits per heavy atom. The Labute approximate surface area is 172 Å². The van der Waals surface area contributed by atoms with Gasteiger partial charge in [-0.3, -0.25) is 0 Å². The van der Waals surface area contributed by atoms with E-state index in [1.807, 2.05) is 0 Å². The fraction of sp³-hybridized carbons (Fsp3) is 0.500. The molecule has 0 radical (unpaired) electrons. The summed E-state index contributed by atoms with van der Waals surface area (Å²) < 4.78 is 0. The molecular weight excluding hydrogens is 336 g/mol. The van der Waals surface area contributed by atoms with E-state index in [0.29, 0.717) is 0 Å². The van der Waals surface area contributed by atoms with E-state index in [2.05, 4.69) is 74.2 Å². The van der Waals surface area contributed by atoms with Crippen molar-refractivity contribution < 1.29 is 0 Å². The predicted octanol–water partition coefficient (Wildman–Crippen LogP) is 7.71. The van der Waals surface area contributed by atoms with Crippen LogP contribution in [0.1, 0.15) is 87.0 Å². The Morgan fingerprint density at radius 1 is 0.714 bits per heavy atom. The highest BCUT2D eigenvalue weighted by Crippen LogP contribution is 2.34. The van der Waals surface area contributed by atoms with E-state index in [9.17, 15) is 0 Å². The minimum absolute atomic E-state index is 0.948. The number of benzene rings is 2. The summed E-state index contributed by atoms with van der Waals surface area (Å²) in [4.78, 5) is 0. The number of aryl methyl sites for hydroxylation is 2. The van der Waals surface area contributed by atoms with Gasteiger partial charge in [0.2, 0.25) is 0 Å². The molecule has 0 amide bonds. The van der Waals surface area contributed by atoms with Gasteiger partial charge in [-0.05, 0) is 61.4 Å². The van der Waals surface area contributed by atoms with Gasteiger partial charge in [0.1, 0.15) is 0 Å². The van der Waals surface area contributed by atoms with E-state index >= 15 is 0 Å². The van der Waals surface area contributed by atoms with Crippen molar-refractivity contribution in [3.05, 3.63) is 70.8 Å². The van der Waals surface area contributed by atoms with Crippen LogP contribution in [0.5, 0.6) is 0 Å². The van der Waals surface area contributed by atoms with Crippen molar-refractivity contribution in [1.82, 2.24) is 0 Å². The number of unbranched alkanes of at least 4 members (excludes halogenated alkanes) is 2. The lowest BCUT2D eigenvalue weighted by atomic mass is 9.78. The van der Waals surface area contributed by atoms with E-state index in [4.69, 9.17) is 0 Å². The average Bonchev–Trinajstić information content (AvgIpc) is 2.74. The quantitative estimate of drug-likeness (QED) is 0.345. The fourth-order valence-electron chi connectivity index (χ4n) is 4.40. The number of hydrogen-bond donors (Lipinski definition) is 0. The topological polar surface area (TPSA) is 0 Å². The van der Waals surface area contributed by atoms with E-state index in [0.717, 1.165) is 23.0 Å². The summed E-state index contributed by atoms with van der Waals surface area (Å²) in [5, 5.41) is 0. The first-order valence-corrected chi connectivity index (χ1v) is 11.4. The summed E-state index contributed by atoms with van der Waals surface area (Å²) in [5.74, 6) is 8.52. The summed E-state index contributed by atoms with van der Waals surface area (Å²) >= 11 is 0. The van der Waals surface area contributed by atoms with Crippen LogP contribution in [0.3, 0.4) is 0 Å². The maximum Gasteiger partial charge on any atom is 0.0249 e. The van der Waals surface area contributed by atoms with E-state index in [1.54, 1.807) is 0 Å². The second kappa shape index (κ2) is 11.1. The van der Waals surface area contributed by atoms with Crippen molar-refractivity contribution in [3.63, 3.8) is 0 Å². The molecule has 1 fully saturated rings. The van der Waals surface area contributed by atoms with Gasteiger partial charge < -0.3 is 0 Å². The van der Waals surface area contributed by atoms with Crippen LogP contribution < -0.4 is 0 Å². The Hall–Kier alpha value is -2.00. The van der Waals surface area contributed by atoms with Crippen LogP contribution in [0.2, 0.25) is 0 Å². The number of hydrogen-bond acceptors (Lipinski definition) is 0. The Morgan fingerprint density at radius 3 is 1.82 bits per heavy atom. The van der Waals surface area contributed by atoms with Gasteiger partial charge in [-0.2, -0.15) is 0 Å². The standard InChI is InChI=1S/C28H36/c1-3-4-5-6-24-11-13-26(14-12-24)17-18-28-21-19-27(20-22-28)16-15-25-9-7-23(2)8-10-25/h7-10,19-22,24,26H,3-6,11-14,17-18H2,1-2H3. The first kappa shape index (κ1) is 20.7. The van der Waals surface area contributed by atoms with Gasteiger partial charge in [0.05, 0.1) is 0 Å². The van der Waals surface area contributed by atoms with Crippen molar-refractivity contribution >= 4 is 0 Å². The molecule has 1 aliphatic carbocycles. The maximum absolute atomic E-state index is 3.29. The zero-order chi connectivity index (χ0) is 19.6. The molecule has 2 aromatic rings. The lowest BCUT2D eigenvalue weighted by molar-refractivity contribution is 0.249. The molecule has 0 bridgehead atoms. The Bertz CT molecular complexity index is 746. The third kappa shape index (κ3) is 6.87. The zero-order valence-corrected chi connectivity index (χ0v) is 17.8. The highest BCUT2D eigenvalue weighted by atomic mass is 14.3. The summed E-state index contributed by atoms with van der Waals surface area (Å²) in [6.07, 6.45) is 14.1. The third-order valence-corrected chi connectivity index (χ3v) is 6.38. The maximum atomic E-state index is 3.29. The lowest BCUT2D eigenvalue weighted by Crippen LogP contribution is -2.15. The molecule has 0 heterocycles. The molecule has 0 aliphatic heterocycles. The molecule has 0 N–H and O–H groups in total. The lowest BCUT2D eigenvalue weighted by Gasteiger charge is -2.28. The SMILES string of the molecule is CCCCCC1CCC(CCc2ccc(C#Cc3ccc(C)cc3)cc2)CC1. The van der Waals surface area contributed by atoms with Gasteiger partial charge in [0.25, 0.3) is 0 Å². The largest absolute Gasteiger partial charge is 0.0654 e. The molecule has 0 nitrogen and oxygen atoms in total. The smallest absolute Gasteiger partial charge is 0.0249 e. The van der Waals surface area contributed by atoms with Crippen LogP contribution in [0, 0.1) is 30.6 Å². The molecule has 0 heteroatoms. The summed E-state index contributed by atoms with van der Waals surface area (Å²) in [5.41, 5.74) is 4.93. The van der Waals surface area contributed by atoms with E-state index in [-0.39, 0.29) is 0 Å². The number of rotatable bonds is 7. The van der Waals surface area contributed by atoms with Crippen LogP contribution in [0.4, 0.5) is 0 Å². The van der Waals surface area contributed by atoms with Gasteiger partial charge in [-0.1, -0.05) is 100.0 Å².